The van der Waals surface area contributed by atoms with E-state index in [4.69, 9.17) is 16.3 Å². The van der Waals surface area contributed by atoms with Crippen LogP contribution in [0.4, 0.5) is 11.5 Å². The van der Waals surface area contributed by atoms with Gasteiger partial charge in [-0.3, -0.25) is 4.79 Å². The van der Waals surface area contributed by atoms with Crippen molar-refractivity contribution in [2.45, 2.75) is 6.92 Å². The monoisotopic (exact) mass is 396 g/mol. The summed E-state index contributed by atoms with van der Waals surface area (Å²) in [5, 5.41) is 6.58. The fourth-order valence-corrected chi connectivity index (χ4v) is 2.74. The second kappa shape index (κ2) is 9.30. The quantitative estimate of drug-likeness (QED) is 0.578. The van der Waals surface area contributed by atoms with Crippen LogP contribution in [0, 0.1) is 6.92 Å². The maximum absolute atomic E-state index is 12.8. The molecule has 0 aliphatic rings. The molecule has 7 heteroatoms. The molecule has 0 radical (unpaired) electrons. The van der Waals surface area contributed by atoms with E-state index in [2.05, 4.69) is 20.6 Å². The zero-order chi connectivity index (χ0) is 19.9. The van der Waals surface area contributed by atoms with Crippen molar-refractivity contribution in [3.63, 3.8) is 0 Å². The van der Waals surface area contributed by atoms with Gasteiger partial charge < -0.3 is 15.4 Å². The molecule has 0 spiro atoms. The maximum atomic E-state index is 12.8. The summed E-state index contributed by atoms with van der Waals surface area (Å²) >= 11 is 6.05. The lowest BCUT2D eigenvalue weighted by atomic mass is 10.2. The number of benzene rings is 2. The molecule has 1 heterocycles. The Labute approximate surface area is 168 Å². The van der Waals surface area contributed by atoms with Crippen LogP contribution in [-0.4, -0.2) is 36.1 Å². The van der Waals surface area contributed by atoms with Crippen LogP contribution >= 0.6 is 11.6 Å². The van der Waals surface area contributed by atoms with E-state index in [1.54, 1.807) is 25.3 Å². The van der Waals surface area contributed by atoms with E-state index in [9.17, 15) is 4.79 Å². The summed E-state index contributed by atoms with van der Waals surface area (Å²) in [6.07, 6.45) is 0. The first-order valence-corrected chi connectivity index (χ1v) is 9.19. The molecule has 0 saturated heterocycles. The summed E-state index contributed by atoms with van der Waals surface area (Å²) in [7, 11) is 1.63. The van der Waals surface area contributed by atoms with Gasteiger partial charge in [0.05, 0.1) is 6.61 Å². The van der Waals surface area contributed by atoms with Crippen molar-refractivity contribution in [3.05, 3.63) is 70.9 Å². The third kappa shape index (κ3) is 5.06. The zero-order valence-corrected chi connectivity index (χ0v) is 16.5. The number of carbonyl (C=O) groups is 1. The zero-order valence-electron chi connectivity index (χ0n) is 15.7. The number of nitrogens with zero attached hydrogens (tertiary/aromatic N) is 2. The van der Waals surface area contributed by atoms with Gasteiger partial charge in [0.25, 0.3) is 5.91 Å². The summed E-state index contributed by atoms with van der Waals surface area (Å²) < 4.78 is 5.06. The Hall–Kier alpha value is -2.96. The van der Waals surface area contributed by atoms with Gasteiger partial charge in [0.1, 0.15) is 11.5 Å². The standard InChI is InChI=1S/C21H21ClN4O2/c1-14-8-9-16(22)12-17(14)25-21(27)18-13-19(23-10-11-28-2)26-20(24-18)15-6-4-3-5-7-15/h3-9,12-13H,10-11H2,1-2H3,(H,25,27)(H,23,24,26). The molecule has 0 bridgehead atoms. The molecule has 0 saturated carbocycles. The number of nitrogens with one attached hydrogen (secondary N) is 2. The number of aromatic nitrogens is 2. The summed E-state index contributed by atoms with van der Waals surface area (Å²) in [5.74, 6) is 0.689. The van der Waals surface area contributed by atoms with Crippen molar-refractivity contribution in [1.29, 1.82) is 0 Å². The van der Waals surface area contributed by atoms with Crippen LogP contribution < -0.4 is 10.6 Å². The Morgan fingerprint density at radius 1 is 1.11 bits per heavy atom. The van der Waals surface area contributed by atoms with E-state index in [-0.39, 0.29) is 11.6 Å². The van der Waals surface area contributed by atoms with Gasteiger partial charge in [-0.25, -0.2) is 9.97 Å². The van der Waals surface area contributed by atoms with Gasteiger partial charge in [-0.15, -0.1) is 0 Å². The van der Waals surface area contributed by atoms with Crippen LogP contribution in [0.2, 0.25) is 5.02 Å². The predicted octanol–water partition coefficient (Wildman–Crippen LogP) is 4.42. The van der Waals surface area contributed by atoms with Crippen LogP contribution in [-0.2, 0) is 4.74 Å². The molecule has 6 nitrogen and oxygen atoms in total. The highest BCUT2D eigenvalue weighted by Gasteiger charge is 2.14. The SMILES string of the molecule is COCCNc1cc(C(=O)Nc2cc(Cl)ccc2C)nc(-c2ccccc2)n1. The second-order valence-electron chi connectivity index (χ2n) is 6.16. The Kier molecular flexibility index (Phi) is 6.57. The largest absolute Gasteiger partial charge is 0.383 e. The van der Waals surface area contributed by atoms with Crippen molar-refractivity contribution in [2.24, 2.45) is 0 Å². The molecule has 2 N–H and O–H groups in total. The summed E-state index contributed by atoms with van der Waals surface area (Å²) in [4.78, 5) is 21.8. The van der Waals surface area contributed by atoms with Gasteiger partial charge in [0.2, 0.25) is 0 Å². The highest BCUT2D eigenvalue weighted by molar-refractivity contribution is 6.31. The van der Waals surface area contributed by atoms with Gasteiger partial charge in [-0.1, -0.05) is 48.0 Å². The molecule has 144 valence electrons. The molecule has 0 aliphatic carbocycles. The van der Waals surface area contributed by atoms with Gasteiger partial charge in [-0.2, -0.15) is 0 Å². The molecular formula is C21H21ClN4O2. The Morgan fingerprint density at radius 2 is 1.89 bits per heavy atom. The summed E-state index contributed by atoms with van der Waals surface area (Å²) in [6.45, 7) is 2.99. The normalized spacial score (nSPS) is 10.5. The molecule has 1 aromatic heterocycles. The number of carbonyl (C=O) groups excluding carboxylic acids is 1. The molecule has 0 atom stereocenters. The van der Waals surface area contributed by atoms with E-state index < -0.39 is 0 Å². The fourth-order valence-electron chi connectivity index (χ4n) is 2.57. The van der Waals surface area contributed by atoms with E-state index in [1.165, 1.54) is 0 Å². The predicted molar refractivity (Wildman–Crippen MR) is 112 cm³/mol. The molecular weight excluding hydrogens is 376 g/mol. The minimum Gasteiger partial charge on any atom is -0.383 e. The van der Waals surface area contributed by atoms with Crippen LogP contribution in [0.25, 0.3) is 11.4 Å². The number of hydrogen-bond donors (Lipinski definition) is 2. The number of rotatable bonds is 7. The van der Waals surface area contributed by atoms with Crippen molar-refractivity contribution in [2.75, 3.05) is 30.9 Å². The lowest BCUT2D eigenvalue weighted by Gasteiger charge is -2.12. The van der Waals surface area contributed by atoms with Crippen molar-refractivity contribution in [3.8, 4) is 11.4 Å². The first kappa shape index (κ1) is 19.8. The maximum Gasteiger partial charge on any atom is 0.274 e. The van der Waals surface area contributed by atoms with Gasteiger partial charge in [-0.05, 0) is 24.6 Å². The smallest absolute Gasteiger partial charge is 0.274 e. The van der Waals surface area contributed by atoms with Crippen molar-refractivity contribution < 1.29 is 9.53 Å². The first-order valence-electron chi connectivity index (χ1n) is 8.81. The number of methoxy groups -OCH3 is 1. The van der Waals surface area contributed by atoms with E-state index in [0.29, 0.717) is 35.5 Å². The number of halogens is 1. The van der Waals surface area contributed by atoms with Crippen LogP contribution in [0.5, 0.6) is 0 Å². The fraction of sp³-hybridized carbons (Fsp3) is 0.190. The van der Waals surface area contributed by atoms with E-state index >= 15 is 0 Å². The number of ether oxygens (including phenoxy) is 1. The Morgan fingerprint density at radius 3 is 2.64 bits per heavy atom. The number of hydrogen-bond acceptors (Lipinski definition) is 5. The molecule has 3 aromatic rings. The Balaban J connectivity index is 1.92. The third-order valence-electron chi connectivity index (χ3n) is 4.05. The van der Waals surface area contributed by atoms with Gasteiger partial charge >= 0.3 is 0 Å². The topological polar surface area (TPSA) is 76.1 Å². The number of aryl methyl sites for hydroxylation is 1. The first-order chi connectivity index (χ1) is 13.6. The summed E-state index contributed by atoms with van der Waals surface area (Å²) in [6, 6.07) is 16.5. The lowest BCUT2D eigenvalue weighted by Crippen LogP contribution is -2.17. The van der Waals surface area contributed by atoms with E-state index in [1.807, 2.05) is 43.3 Å². The van der Waals surface area contributed by atoms with Crippen LogP contribution in [0.3, 0.4) is 0 Å². The highest BCUT2D eigenvalue weighted by Crippen LogP contribution is 2.22. The molecule has 1 amide bonds. The molecule has 0 fully saturated rings. The number of amides is 1. The average Bonchev–Trinajstić information content (AvgIpc) is 2.71. The average molecular weight is 397 g/mol. The second-order valence-corrected chi connectivity index (χ2v) is 6.60. The lowest BCUT2D eigenvalue weighted by molar-refractivity contribution is 0.102. The molecule has 0 unspecified atom stereocenters. The van der Waals surface area contributed by atoms with Crippen molar-refractivity contribution >= 4 is 29.0 Å². The molecule has 2 aromatic carbocycles. The molecule has 0 aliphatic heterocycles. The van der Waals surface area contributed by atoms with Crippen LogP contribution in [0.1, 0.15) is 16.1 Å². The summed E-state index contributed by atoms with van der Waals surface area (Å²) in [5.41, 5.74) is 2.64. The van der Waals surface area contributed by atoms with Crippen LogP contribution in [0.15, 0.2) is 54.6 Å². The van der Waals surface area contributed by atoms with E-state index in [0.717, 1.165) is 11.1 Å². The Bertz CT molecular complexity index is 964. The van der Waals surface area contributed by atoms with Gasteiger partial charge in [0.15, 0.2) is 5.82 Å². The van der Waals surface area contributed by atoms with Gasteiger partial charge in [0, 0.05) is 36.0 Å². The molecule has 28 heavy (non-hydrogen) atoms. The molecule has 3 rings (SSSR count). The minimum absolute atomic E-state index is 0.258. The minimum atomic E-state index is -0.334. The van der Waals surface area contributed by atoms with Crippen molar-refractivity contribution in [1.82, 2.24) is 9.97 Å². The third-order valence-corrected chi connectivity index (χ3v) is 4.29. The highest BCUT2D eigenvalue weighted by atomic mass is 35.5. The number of anilines is 2.